The summed E-state index contributed by atoms with van der Waals surface area (Å²) in [6.07, 6.45) is 5.21. The van der Waals surface area contributed by atoms with Gasteiger partial charge in [-0.2, -0.15) is 0 Å². The third-order valence-corrected chi connectivity index (χ3v) is 4.84. The maximum atomic E-state index is 12.4. The molecule has 4 rings (SSSR count). The number of nitrogens with one attached hydrogen (secondary N) is 2. The van der Waals surface area contributed by atoms with Crippen molar-refractivity contribution in [1.29, 1.82) is 0 Å². The maximum Gasteiger partial charge on any atom is 0.317 e. The molecule has 134 valence electrons. The molecule has 0 atom stereocenters. The zero-order chi connectivity index (χ0) is 18.1. The number of H-pyrrole nitrogens is 1. The molecule has 0 fully saturated rings. The maximum absolute atomic E-state index is 12.4. The van der Waals surface area contributed by atoms with Gasteiger partial charge in [0.2, 0.25) is 0 Å². The molecule has 0 aliphatic heterocycles. The summed E-state index contributed by atoms with van der Waals surface area (Å²) >= 11 is 0. The molecule has 0 unspecified atom stereocenters. The molecule has 1 aliphatic rings. The van der Waals surface area contributed by atoms with E-state index in [9.17, 15) is 4.79 Å². The highest BCUT2D eigenvalue weighted by Crippen LogP contribution is 2.20. The van der Waals surface area contributed by atoms with Crippen LogP contribution >= 0.6 is 0 Å². The van der Waals surface area contributed by atoms with E-state index >= 15 is 0 Å². The van der Waals surface area contributed by atoms with Crippen LogP contribution in [0, 0.1) is 6.92 Å². The van der Waals surface area contributed by atoms with E-state index < -0.39 is 0 Å². The topological polar surface area (TPSA) is 73.9 Å². The number of benzene rings is 1. The number of aryl methyl sites for hydroxylation is 3. The Morgan fingerprint density at radius 2 is 2.19 bits per heavy atom. The third kappa shape index (κ3) is 3.40. The molecule has 0 saturated carbocycles. The molecule has 0 bridgehead atoms. The summed E-state index contributed by atoms with van der Waals surface area (Å²) in [6.45, 7) is 2.97. The van der Waals surface area contributed by atoms with Crippen molar-refractivity contribution in [2.24, 2.45) is 0 Å². The number of hydrogen-bond acceptors (Lipinski definition) is 3. The van der Waals surface area contributed by atoms with Crippen molar-refractivity contribution in [2.75, 3.05) is 7.05 Å². The fourth-order valence-electron chi connectivity index (χ4n) is 3.43. The summed E-state index contributed by atoms with van der Waals surface area (Å²) in [4.78, 5) is 26.3. The lowest BCUT2D eigenvalue weighted by atomic mass is 10.1. The highest BCUT2D eigenvalue weighted by atomic mass is 16.2. The van der Waals surface area contributed by atoms with Gasteiger partial charge in [0.05, 0.1) is 17.6 Å². The van der Waals surface area contributed by atoms with Crippen LogP contribution in [-0.2, 0) is 25.9 Å². The number of hydrogen-bond donors (Lipinski definition) is 2. The first kappa shape index (κ1) is 16.6. The number of fused-ring (bicyclic) bond motifs is 2. The summed E-state index contributed by atoms with van der Waals surface area (Å²) in [6, 6.07) is 8.13. The zero-order valence-electron chi connectivity index (χ0n) is 15.2. The third-order valence-electron chi connectivity index (χ3n) is 4.84. The number of aromatic amines is 1. The van der Waals surface area contributed by atoms with Gasteiger partial charge in [-0.05, 0) is 55.0 Å². The lowest BCUT2D eigenvalue weighted by Crippen LogP contribution is -2.36. The first-order valence-electron chi connectivity index (χ1n) is 8.99. The normalized spacial score (nSPS) is 13.0. The molecule has 2 aromatic heterocycles. The van der Waals surface area contributed by atoms with E-state index in [4.69, 9.17) is 0 Å². The van der Waals surface area contributed by atoms with Crippen molar-refractivity contribution in [3.05, 3.63) is 58.7 Å². The van der Waals surface area contributed by atoms with Crippen molar-refractivity contribution in [1.82, 2.24) is 25.2 Å². The van der Waals surface area contributed by atoms with Crippen LogP contribution in [0.5, 0.6) is 0 Å². The van der Waals surface area contributed by atoms with Gasteiger partial charge in [-0.3, -0.25) is 4.98 Å². The highest BCUT2D eigenvalue weighted by molar-refractivity contribution is 5.76. The number of urea groups is 1. The predicted molar refractivity (Wildman–Crippen MR) is 101 cm³/mol. The van der Waals surface area contributed by atoms with Crippen LogP contribution in [0.15, 0.2) is 30.5 Å². The molecule has 3 aromatic rings. The number of amides is 2. The summed E-state index contributed by atoms with van der Waals surface area (Å²) in [5, 5.41) is 2.96. The van der Waals surface area contributed by atoms with Gasteiger partial charge < -0.3 is 15.2 Å². The number of rotatable bonds is 4. The molecule has 0 radical (unpaired) electrons. The second-order valence-electron chi connectivity index (χ2n) is 7.02. The van der Waals surface area contributed by atoms with E-state index in [0.29, 0.717) is 13.1 Å². The molecule has 1 aromatic carbocycles. The van der Waals surface area contributed by atoms with Crippen LogP contribution in [0.3, 0.4) is 0 Å². The second kappa shape index (κ2) is 6.78. The zero-order valence-corrected chi connectivity index (χ0v) is 15.2. The van der Waals surface area contributed by atoms with E-state index in [1.165, 1.54) is 23.2 Å². The Bertz CT molecular complexity index is 962. The van der Waals surface area contributed by atoms with Crippen molar-refractivity contribution in [3.63, 3.8) is 0 Å². The smallest absolute Gasteiger partial charge is 0.317 e. The first-order valence-corrected chi connectivity index (χ1v) is 8.99. The Hall–Kier alpha value is -2.89. The van der Waals surface area contributed by atoms with Gasteiger partial charge in [0.15, 0.2) is 0 Å². The molecule has 2 heterocycles. The van der Waals surface area contributed by atoms with E-state index in [1.54, 1.807) is 11.9 Å². The van der Waals surface area contributed by atoms with Crippen LogP contribution in [-0.4, -0.2) is 32.9 Å². The number of carbonyl (C=O) groups excluding carboxylic acids is 1. The number of pyridine rings is 1. The van der Waals surface area contributed by atoms with Crippen molar-refractivity contribution < 1.29 is 4.79 Å². The van der Waals surface area contributed by atoms with Crippen LogP contribution in [0.1, 0.15) is 34.6 Å². The van der Waals surface area contributed by atoms with E-state index in [0.717, 1.165) is 35.3 Å². The molecule has 6 heteroatoms. The van der Waals surface area contributed by atoms with E-state index in [1.807, 2.05) is 25.3 Å². The molecule has 0 spiro atoms. The van der Waals surface area contributed by atoms with Gasteiger partial charge in [-0.1, -0.05) is 12.1 Å². The molecular weight excluding hydrogens is 326 g/mol. The average Bonchev–Trinajstić information content (AvgIpc) is 3.24. The Morgan fingerprint density at radius 1 is 1.31 bits per heavy atom. The Morgan fingerprint density at radius 3 is 3.08 bits per heavy atom. The molecule has 0 saturated heterocycles. The minimum absolute atomic E-state index is 0.123. The van der Waals surface area contributed by atoms with Crippen molar-refractivity contribution in [2.45, 2.75) is 39.3 Å². The van der Waals surface area contributed by atoms with Gasteiger partial charge >= 0.3 is 6.03 Å². The summed E-state index contributed by atoms with van der Waals surface area (Å²) in [5.41, 5.74) is 6.68. The van der Waals surface area contributed by atoms with Crippen LogP contribution in [0.4, 0.5) is 4.79 Å². The SMILES string of the molecule is Cc1ccc2nc(CN(C)C(=O)NCc3cnc4c(c3)CCC4)[nH]c2c1. The predicted octanol–water partition coefficient (Wildman–Crippen LogP) is 3.10. The molecule has 1 aliphatic carbocycles. The van der Waals surface area contributed by atoms with Crippen molar-refractivity contribution in [3.8, 4) is 0 Å². The quantitative estimate of drug-likeness (QED) is 0.760. The van der Waals surface area contributed by atoms with Gasteiger partial charge in [0.25, 0.3) is 0 Å². The van der Waals surface area contributed by atoms with Gasteiger partial charge in [0, 0.05) is 25.5 Å². The van der Waals surface area contributed by atoms with Gasteiger partial charge in [-0.15, -0.1) is 0 Å². The number of aromatic nitrogens is 3. The monoisotopic (exact) mass is 349 g/mol. The Labute approximate surface area is 152 Å². The molecule has 26 heavy (non-hydrogen) atoms. The van der Waals surface area contributed by atoms with Gasteiger partial charge in [0.1, 0.15) is 5.82 Å². The number of imidazole rings is 1. The minimum Gasteiger partial charge on any atom is -0.340 e. The fourth-order valence-corrected chi connectivity index (χ4v) is 3.43. The Kier molecular flexibility index (Phi) is 4.32. The summed E-state index contributed by atoms with van der Waals surface area (Å²) in [5.74, 6) is 0.780. The molecular formula is C20H23N5O. The lowest BCUT2D eigenvalue weighted by Gasteiger charge is -2.16. The summed E-state index contributed by atoms with van der Waals surface area (Å²) in [7, 11) is 1.77. The molecule has 2 N–H and O–H groups in total. The Balaban J connectivity index is 1.36. The van der Waals surface area contributed by atoms with E-state index in [-0.39, 0.29) is 6.03 Å². The average molecular weight is 349 g/mol. The van der Waals surface area contributed by atoms with Crippen LogP contribution < -0.4 is 5.32 Å². The van der Waals surface area contributed by atoms with Gasteiger partial charge in [-0.25, -0.2) is 9.78 Å². The van der Waals surface area contributed by atoms with Crippen LogP contribution in [0.2, 0.25) is 0 Å². The largest absolute Gasteiger partial charge is 0.340 e. The number of nitrogens with zero attached hydrogens (tertiary/aromatic N) is 3. The fraction of sp³-hybridized carbons (Fsp3) is 0.350. The highest BCUT2D eigenvalue weighted by Gasteiger charge is 2.14. The standard InChI is InChI=1S/C20H23N5O/c1-13-6-7-17-18(8-13)24-19(23-17)12-25(2)20(26)22-11-14-9-15-4-3-5-16(15)21-10-14/h6-10H,3-5,11-12H2,1-2H3,(H,22,26)(H,23,24). The minimum atomic E-state index is -0.123. The summed E-state index contributed by atoms with van der Waals surface area (Å²) < 4.78 is 0. The van der Waals surface area contributed by atoms with Crippen LogP contribution in [0.25, 0.3) is 11.0 Å². The van der Waals surface area contributed by atoms with E-state index in [2.05, 4.69) is 32.4 Å². The first-order chi connectivity index (χ1) is 12.6. The van der Waals surface area contributed by atoms with Crippen molar-refractivity contribution >= 4 is 17.1 Å². The molecule has 6 nitrogen and oxygen atoms in total. The second-order valence-corrected chi connectivity index (χ2v) is 7.02. The lowest BCUT2D eigenvalue weighted by molar-refractivity contribution is 0.205. The molecule has 2 amide bonds. The number of carbonyl (C=O) groups is 1.